The Balaban J connectivity index is 1.29. The van der Waals surface area contributed by atoms with Crippen molar-refractivity contribution in [3.8, 4) is 5.69 Å². The fourth-order valence-electron chi connectivity index (χ4n) is 3.99. The quantitative estimate of drug-likeness (QED) is 0.432. The fraction of sp³-hybridized carbons (Fsp3) is 0.348. The summed E-state index contributed by atoms with van der Waals surface area (Å²) in [7, 11) is 0. The Morgan fingerprint density at radius 3 is 2.59 bits per heavy atom. The van der Waals surface area contributed by atoms with Gasteiger partial charge in [0.2, 0.25) is 0 Å². The summed E-state index contributed by atoms with van der Waals surface area (Å²) in [4.78, 5) is 23.8. The van der Waals surface area contributed by atoms with Crippen LogP contribution in [0.3, 0.4) is 0 Å². The number of hydrogen-bond donors (Lipinski definition) is 0. The molecule has 5 rings (SSSR count). The van der Waals surface area contributed by atoms with Gasteiger partial charge in [-0.3, -0.25) is 9.69 Å². The first-order valence-electron chi connectivity index (χ1n) is 10.7. The molecule has 1 aromatic carbocycles. The summed E-state index contributed by atoms with van der Waals surface area (Å²) in [6, 6.07) is 8.19. The summed E-state index contributed by atoms with van der Waals surface area (Å²) >= 11 is 3.17. The number of nitrogens with zero attached hydrogens (tertiary/aromatic N) is 5. The van der Waals surface area contributed by atoms with E-state index in [0.717, 1.165) is 58.2 Å². The minimum Gasteiger partial charge on any atom is -0.335 e. The minimum atomic E-state index is -0.282. The number of carbonyl (C=O) groups excluding carboxylic acids is 1. The van der Waals surface area contributed by atoms with Crippen molar-refractivity contribution >= 4 is 38.8 Å². The van der Waals surface area contributed by atoms with E-state index in [9.17, 15) is 9.18 Å². The molecule has 0 saturated carbocycles. The van der Waals surface area contributed by atoms with Crippen LogP contribution in [0.1, 0.15) is 33.0 Å². The van der Waals surface area contributed by atoms with Crippen LogP contribution in [0.2, 0.25) is 0 Å². The molecule has 9 heteroatoms. The molecule has 1 amide bonds. The van der Waals surface area contributed by atoms with E-state index in [0.29, 0.717) is 13.1 Å². The third-order valence-corrected chi connectivity index (χ3v) is 7.91. The number of amides is 1. The Kier molecular flexibility index (Phi) is 5.79. The number of thiophene rings is 1. The fourth-order valence-corrected chi connectivity index (χ4v) is 5.87. The number of carbonyl (C=O) groups is 1. The van der Waals surface area contributed by atoms with E-state index in [1.54, 1.807) is 28.2 Å². The highest BCUT2D eigenvalue weighted by molar-refractivity contribution is 7.20. The van der Waals surface area contributed by atoms with Crippen LogP contribution in [0.25, 0.3) is 15.9 Å². The normalized spacial score (nSPS) is 15.0. The first-order chi connectivity index (χ1) is 15.5. The van der Waals surface area contributed by atoms with Crippen molar-refractivity contribution in [3.63, 3.8) is 0 Å². The number of piperazine rings is 1. The molecule has 32 heavy (non-hydrogen) atoms. The van der Waals surface area contributed by atoms with E-state index in [1.165, 1.54) is 28.5 Å². The lowest BCUT2D eigenvalue weighted by molar-refractivity contribution is 0.0632. The summed E-state index contributed by atoms with van der Waals surface area (Å²) in [5.74, 6) is -0.214. The second-order valence-corrected chi connectivity index (χ2v) is 9.93. The largest absolute Gasteiger partial charge is 0.335 e. The Morgan fingerprint density at radius 2 is 1.91 bits per heavy atom. The average Bonchev–Trinajstić information content (AvgIpc) is 3.51. The predicted molar refractivity (Wildman–Crippen MR) is 126 cm³/mol. The number of halogens is 1. The molecule has 0 atom stereocenters. The van der Waals surface area contributed by atoms with Crippen LogP contribution in [0.5, 0.6) is 0 Å². The molecule has 0 unspecified atom stereocenters. The highest BCUT2D eigenvalue weighted by atomic mass is 32.1. The van der Waals surface area contributed by atoms with Gasteiger partial charge in [-0.05, 0) is 43.7 Å². The van der Waals surface area contributed by atoms with E-state index in [1.807, 2.05) is 17.9 Å². The number of fused-ring (bicyclic) bond motifs is 1. The van der Waals surface area contributed by atoms with Crippen molar-refractivity contribution in [3.05, 3.63) is 62.8 Å². The maximum absolute atomic E-state index is 13.3. The Morgan fingerprint density at radius 1 is 1.16 bits per heavy atom. The smallest absolute Gasteiger partial charge is 0.264 e. The molecule has 1 aliphatic rings. The van der Waals surface area contributed by atoms with Gasteiger partial charge in [-0.2, -0.15) is 5.10 Å². The summed E-state index contributed by atoms with van der Waals surface area (Å²) in [6.07, 6.45) is 0.973. The van der Waals surface area contributed by atoms with Crippen molar-refractivity contribution in [2.24, 2.45) is 0 Å². The molecule has 3 aromatic heterocycles. The SMILES string of the molecule is CCc1nc(CN2CCN(C(=O)c3cc4c(C)nn(-c5ccc(F)cc5)c4s3)CC2)cs1. The molecule has 1 fully saturated rings. The van der Waals surface area contributed by atoms with Gasteiger partial charge < -0.3 is 4.90 Å². The monoisotopic (exact) mass is 469 g/mol. The van der Waals surface area contributed by atoms with Crippen molar-refractivity contribution in [1.82, 2.24) is 24.6 Å². The van der Waals surface area contributed by atoms with E-state index < -0.39 is 0 Å². The summed E-state index contributed by atoms with van der Waals surface area (Å²) < 4.78 is 15.1. The number of benzene rings is 1. The standard InChI is InChI=1S/C23H24FN5OS2/c1-3-21-25-17(14-31-21)13-27-8-10-28(11-9-27)22(30)20-12-19-15(2)26-29(23(19)32-20)18-6-4-16(24)5-7-18/h4-7,12,14H,3,8-11,13H2,1-2H3. The van der Waals surface area contributed by atoms with E-state index in [4.69, 9.17) is 0 Å². The van der Waals surface area contributed by atoms with Gasteiger partial charge in [0.1, 0.15) is 10.6 Å². The lowest BCUT2D eigenvalue weighted by Gasteiger charge is -2.34. The van der Waals surface area contributed by atoms with Gasteiger partial charge >= 0.3 is 0 Å². The maximum Gasteiger partial charge on any atom is 0.264 e. The second kappa shape index (κ2) is 8.73. The van der Waals surface area contributed by atoms with E-state index in [2.05, 4.69) is 27.3 Å². The molecule has 166 valence electrons. The first-order valence-corrected chi connectivity index (χ1v) is 12.4. The zero-order chi connectivity index (χ0) is 22.2. The molecule has 4 aromatic rings. The third kappa shape index (κ3) is 4.07. The molecule has 0 spiro atoms. The predicted octanol–water partition coefficient (Wildman–Crippen LogP) is 4.51. The molecule has 1 aliphatic heterocycles. The zero-order valence-electron chi connectivity index (χ0n) is 18.0. The number of aromatic nitrogens is 3. The van der Waals surface area contributed by atoms with Crippen molar-refractivity contribution in [2.45, 2.75) is 26.8 Å². The van der Waals surface area contributed by atoms with Crippen LogP contribution in [0.4, 0.5) is 4.39 Å². The summed E-state index contributed by atoms with van der Waals surface area (Å²) in [5.41, 5.74) is 2.77. The maximum atomic E-state index is 13.3. The molecule has 0 aliphatic carbocycles. The van der Waals surface area contributed by atoms with Crippen molar-refractivity contribution in [2.75, 3.05) is 26.2 Å². The summed E-state index contributed by atoms with van der Waals surface area (Å²) in [6.45, 7) is 8.01. The Labute approximate surface area is 193 Å². The van der Waals surface area contributed by atoms with E-state index in [-0.39, 0.29) is 11.7 Å². The van der Waals surface area contributed by atoms with Crippen LogP contribution < -0.4 is 0 Å². The zero-order valence-corrected chi connectivity index (χ0v) is 19.7. The van der Waals surface area contributed by atoms with Gasteiger partial charge in [-0.1, -0.05) is 6.92 Å². The molecule has 6 nitrogen and oxygen atoms in total. The van der Waals surface area contributed by atoms with Crippen LogP contribution >= 0.6 is 22.7 Å². The highest BCUT2D eigenvalue weighted by Gasteiger charge is 2.25. The van der Waals surface area contributed by atoms with Crippen LogP contribution in [0.15, 0.2) is 35.7 Å². The molecule has 0 N–H and O–H groups in total. The third-order valence-electron chi connectivity index (χ3n) is 5.77. The second-order valence-electron chi connectivity index (χ2n) is 7.96. The van der Waals surface area contributed by atoms with Gasteiger partial charge in [0.05, 0.1) is 27.0 Å². The molecule has 0 radical (unpaired) electrons. The number of rotatable bonds is 5. The van der Waals surface area contributed by atoms with Gasteiger partial charge in [-0.15, -0.1) is 22.7 Å². The van der Waals surface area contributed by atoms with Crippen LogP contribution in [-0.4, -0.2) is 56.7 Å². The highest BCUT2D eigenvalue weighted by Crippen LogP contribution is 2.31. The van der Waals surface area contributed by atoms with Gasteiger partial charge in [0, 0.05) is 43.5 Å². The van der Waals surface area contributed by atoms with Crippen LogP contribution in [0, 0.1) is 12.7 Å². The number of thiazole rings is 1. The van der Waals surface area contributed by atoms with Crippen LogP contribution in [-0.2, 0) is 13.0 Å². The van der Waals surface area contributed by atoms with Gasteiger partial charge in [-0.25, -0.2) is 14.1 Å². The van der Waals surface area contributed by atoms with Gasteiger partial charge in [0.25, 0.3) is 5.91 Å². The number of hydrogen-bond acceptors (Lipinski definition) is 6. The average molecular weight is 470 g/mol. The molecular formula is C23H24FN5OS2. The van der Waals surface area contributed by atoms with Gasteiger partial charge in [0.15, 0.2) is 0 Å². The topological polar surface area (TPSA) is 54.3 Å². The van der Waals surface area contributed by atoms with E-state index >= 15 is 0 Å². The summed E-state index contributed by atoms with van der Waals surface area (Å²) in [5, 5.41) is 8.87. The Bertz CT molecular complexity index is 1250. The van der Waals surface area contributed by atoms with Crippen molar-refractivity contribution in [1.29, 1.82) is 0 Å². The molecule has 0 bridgehead atoms. The molecule has 4 heterocycles. The molecule has 1 saturated heterocycles. The lowest BCUT2D eigenvalue weighted by atomic mass is 10.2. The Hall–Kier alpha value is -2.62. The lowest BCUT2D eigenvalue weighted by Crippen LogP contribution is -2.48. The minimum absolute atomic E-state index is 0.0674. The molecular weight excluding hydrogens is 445 g/mol. The first kappa shape index (κ1) is 21.2. The van der Waals surface area contributed by atoms with Crippen molar-refractivity contribution < 1.29 is 9.18 Å². The number of aryl methyl sites for hydroxylation is 2.